The number of carbonyl (C=O) groups is 1. The van der Waals surface area contributed by atoms with Gasteiger partial charge < -0.3 is 14.8 Å². The number of rotatable bonds is 6. The summed E-state index contributed by atoms with van der Waals surface area (Å²) in [6.45, 7) is 6.38. The predicted octanol–water partition coefficient (Wildman–Crippen LogP) is 1.13. The van der Waals surface area contributed by atoms with Crippen LogP contribution in [-0.4, -0.2) is 55.5 Å². The van der Waals surface area contributed by atoms with Crippen LogP contribution in [0.5, 0.6) is 0 Å². The van der Waals surface area contributed by atoms with Crippen LogP contribution in [0, 0.1) is 0 Å². The third kappa shape index (κ3) is 3.91. The molecule has 19 heavy (non-hydrogen) atoms. The van der Waals surface area contributed by atoms with Gasteiger partial charge in [0.25, 0.3) is 0 Å². The SMILES string of the molecule is CCOC(CN1CC(=O)N[C@H]2CCCC[C@H]21)OCC. The van der Waals surface area contributed by atoms with E-state index >= 15 is 0 Å². The summed E-state index contributed by atoms with van der Waals surface area (Å²) in [6, 6.07) is 0.772. The zero-order valence-electron chi connectivity index (χ0n) is 12.1. The van der Waals surface area contributed by atoms with E-state index in [9.17, 15) is 4.79 Å². The Labute approximate surface area is 115 Å². The number of hydrogen-bond acceptors (Lipinski definition) is 4. The van der Waals surface area contributed by atoms with E-state index in [4.69, 9.17) is 9.47 Å². The van der Waals surface area contributed by atoms with Crippen LogP contribution in [0.2, 0.25) is 0 Å². The highest BCUT2D eigenvalue weighted by molar-refractivity contribution is 5.79. The topological polar surface area (TPSA) is 50.8 Å². The highest BCUT2D eigenvalue weighted by atomic mass is 16.7. The second kappa shape index (κ2) is 7.22. The lowest BCUT2D eigenvalue weighted by Gasteiger charge is -2.44. The molecule has 0 bridgehead atoms. The Morgan fingerprint density at radius 3 is 2.63 bits per heavy atom. The highest BCUT2D eigenvalue weighted by Gasteiger charge is 2.37. The normalized spacial score (nSPS) is 28.3. The summed E-state index contributed by atoms with van der Waals surface area (Å²) < 4.78 is 11.2. The molecule has 1 saturated carbocycles. The third-order valence-corrected chi connectivity index (χ3v) is 3.98. The minimum absolute atomic E-state index is 0.134. The molecule has 110 valence electrons. The fourth-order valence-electron chi connectivity index (χ4n) is 3.19. The Morgan fingerprint density at radius 1 is 1.26 bits per heavy atom. The van der Waals surface area contributed by atoms with Crippen molar-refractivity contribution in [3.05, 3.63) is 0 Å². The molecule has 0 aromatic heterocycles. The molecule has 5 nitrogen and oxygen atoms in total. The highest BCUT2D eigenvalue weighted by Crippen LogP contribution is 2.26. The Bertz CT molecular complexity index is 292. The lowest BCUT2D eigenvalue weighted by molar-refractivity contribution is -0.158. The Kier molecular flexibility index (Phi) is 5.60. The van der Waals surface area contributed by atoms with Gasteiger partial charge in [0.05, 0.1) is 13.1 Å². The van der Waals surface area contributed by atoms with Crippen molar-refractivity contribution in [3.63, 3.8) is 0 Å². The first-order chi connectivity index (χ1) is 9.24. The molecule has 0 unspecified atom stereocenters. The molecule has 1 aliphatic carbocycles. The van der Waals surface area contributed by atoms with E-state index < -0.39 is 0 Å². The number of carbonyl (C=O) groups excluding carboxylic acids is 1. The van der Waals surface area contributed by atoms with Crippen molar-refractivity contribution in [1.82, 2.24) is 10.2 Å². The van der Waals surface area contributed by atoms with Crippen molar-refractivity contribution in [2.24, 2.45) is 0 Å². The van der Waals surface area contributed by atoms with Gasteiger partial charge in [-0.3, -0.25) is 9.69 Å². The van der Waals surface area contributed by atoms with Gasteiger partial charge in [0.2, 0.25) is 5.91 Å². The van der Waals surface area contributed by atoms with Gasteiger partial charge in [-0.25, -0.2) is 0 Å². The van der Waals surface area contributed by atoms with Gasteiger partial charge >= 0.3 is 0 Å². The number of fused-ring (bicyclic) bond motifs is 1. The summed E-state index contributed by atoms with van der Waals surface area (Å²) in [6.07, 6.45) is 4.51. The van der Waals surface area contributed by atoms with E-state index in [1.165, 1.54) is 12.8 Å². The molecule has 1 N–H and O–H groups in total. The Morgan fingerprint density at radius 2 is 1.95 bits per heavy atom. The maximum atomic E-state index is 11.8. The summed E-state index contributed by atoms with van der Waals surface area (Å²) in [7, 11) is 0. The molecule has 1 saturated heterocycles. The van der Waals surface area contributed by atoms with Crippen LogP contribution in [0.3, 0.4) is 0 Å². The molecule has 2 rings (SSSR count). The quantitative estimate of drug-likeness (QED) is 0.735. The zero-order valence-corrected chi connectivity index (χ0v) is 12.1. The van der Waals surface area contributed by atoms with Crippen LogP contribution >= 0.6 is 0 Å². The summed E-state index contributed by atoms with van der Waals surface area (Å²) in [4.78, 5) is 14.0. The van der Waals surface area contributed by atoms with Crippen LogP contribution in [0.25, 0.3) is 0 Å². The second-order valence-corrected chi connectivity index (χ2v) is 5.30. The smallest absolute Gasteiger partial charge is 0.234 e. The molecule has 5 heteroatoms. The summed E-state index contributed by atoms with van der Waals surface area (Å²) in [5, 5.41) is 3.12. The maximum Gasteiger partial charge on any atom is 0.234 e. The monoisotopic (exact) mass is 270 g/mol. The first kappa shape index (κ1) is 14.8. The van der Waals surface area contributed by atoms with Crippen LogP contribution in [0.1, 0.15) is 39.5 Å². The first-order valence-electron chi connectivity index (χ1n) is 7.51. The molecule has 2 atom stereocenters. The molecular weight excluding hydrogens is 244 g/mol. The van der Waals surface area contributed by atoms with Gasteiger partial charge in [0.1, 0.15) is 0 Å². The molecule has 1 heterocycles. The number of nitrogens with zero attached hydrogens (tertiary/aromatic N) is 1. The average Bonchev–Trinajstić information content (AvgIpc) is 2.39. The molecular formula is C14H26N2O3. The summed E-state index contributed by atoms with van der Waals surface area (Å²) in [5.74, 6) is 0.134. The molecule has 0 spiro atoms. The number of piperazine rings is 1. The molecule has 0 radical (unpaired) electrons. The van der Waals surface area contributed by atoms with Crippen LogP contribution in [0.15, 0.2) is 0 Å². The van der Waals surface area contributed by atoms with E-state index in [-0.39, 0.29) is 12.2 Å². The average molecular weight is 270 g/mol. The lowest BCUT2D eigenvalue weighted by Crippen LogP contribution is -2.62. The Balaban J connectivity index is 1.96. The fraction of sp³-hybridized carbons (Fsp3) is 0.929. The number of nitrogens with one attached hydrogen (secondary N) is 1. The van der Waals surface area contributed by atoms with E-state index in [2.05, 4.69) is 10.2 Å². The molecule has 1 aliphatic heterocycles. The van der Waals surface area contributed by atoms with Crippen molar-refractivity contribution in [1.29, 1.82) is 0 Å². The van der Waals surface area contributed by atoms with Gasteiger partial charge in [0.15, 0.2) is 6.29 Å². The van der Waals surface area contributed by atoms with Gasteiger partial charge in [0, 0.05) is 25.3 Å². The molecule has 2 fully saturated rings. The third-order valence-electron chi connectivity index (χ3n) is 3.98. The van der Waals surface area contributed by atoms with Crippen molar-refractivity contribution in [2.75, 3.05) is 26.3 Å². The van der Waals surface area contributed by atoms with Crippen LogP contribution < -0.4 is 5.32 Å². The van der Waals surface area contributed by atoms with Gasteiger partial charge in [-0.15, -0.1) is 0 Å². The second-order valence-electron chi connectivity index (χ2n) is 5.30. The predicted molar refractivity (Wildman–Crippen MR) is 72.8 cm³/mol. The number of ether oxygens (including phenoxy) is 2. The first-order valence-corrected chi connectivity index (χ1v) is 7.51. The van der Waals surface area contributed by atoms with Crippen molar-refractivity contribution in [3.8, 4) is 0 Å². The summed E-state index contributed by atoms with van der Waals surface area (Å²) in [5.41, 5.74) is 0. The van der Waals surface area contributed by atoms with Crippen LogP contribution in [-0.2, 0) is 14.3 Å². The lowest BCUT2D eigenvalue weighted by atomic mass is 9.87. The van der Waals surface area contributed by atoms with E-state index in [1.54, 1.807) is 0 Å². The van der Waals surface area contributed by atoms with E-state index in [0.717, 1.165) is 12.8 Å². The number of hydrogen-bond donors (Lipinski definition) is 1. The fourth-order valence-corrected chi connectivity index (χ4v) is 3.19. The standard InChI is InChI=1S/C14H26N2O3/c1-3-18-14(19-4-2)10-16-9-13(17)15-11-7-5-6-8-12(11)16/h11-12,14H,3-10H2,1-2H3,(H,15,17)/t11-,12+/m0/s1. The maximum absolute atomic E-state index is 11.8. The minimum atomic E-state index is -0.219. The van der Waals surface area contributed by atoms with E-state index in [0.29, 0.717) is 38.4 Å². The number of amides is 1. The summed E-state index contributed by atoms with van der Waals surface area (Å²) >= 11 is 0. The van der Waals surface area contributed by atoms with Gasteiger partial charge in [-0.05, 0) is 26.7 Å². The van der Waals surface area contributed by atoms with Crippen molar-refractivity contribution in [2.45, 2.75) is 57.9 Å². The van der Waals surface area contributed by atoms with Crippen LogP contribution in [0.4, 0.5) is 0 Å². The molecule has 0 aromatic rings. The molecule has 2 aliphatic rings. The molecule has 0 aromatic carbocycles. The van der Waals surface area contributed by atoms with Gasteiger partial charge in [-0.1, -0.05) is 12.8 Å². The molecule has 1 amide bonds. The largest absolute Gasteiger partial charge is 0.352 e. The van der Waals surface area contributed by atoms with Gasteiger partial charge in [-0.2, -0.15) is 0 Å². The zero-order chi connectivity index (χ0) is 13.7. The van der Waals surface area contributed by atoms with Crippen molar-refractivity contribution < 1.29 is 14.3 Å². The minimum Gasteiger partial charge on any atom is -0.352 e. The van der Waals surface area contributed by atoms with Crippen molar-refractivity contribution >= 4 is 5.91 Å². The van der Waals surface area contributed by atoms with E-state index in [1.807, 2.05) is 13.8 Å². The Hall–Kier alpha value is -0.650.